The Balaban J connectivity index is 1.79. The van der Waals surface area contributed by atoms with Crippen molar-refractivity contribution in [1.29, 1.82) is 0 Å². The first-order chi connectivity index (χ1) is 9.76. The molecule has 0 radical (unpaired) electrons. The normalized spacial score (nSPS) is 30.9. The fourth-order valence-electron chi connectivity index (χ4n) is 3.81. The minimum Gasteiger partial charge on any atom is -0.240 e. The number of aryl methyl sites for hydroxylation is 1. The van der Waals surface area contributed by atoms with E-state index in [1.54, 1.807) is 13.0 Å². The van der Waals surface area contributed by atoms with E-state index in [2.05, 4.69) is 15.0 Å². The first kappa shape index (κ1) is 13.2. The highest BCUT2D eigenvalue weighted by molar-refractivity contribution is 6.31. The molecule has 0 unspecified atom stereocenters. The lowest BCUT2D eigenvalue weighted by Gasteiger charge is -2.70. The lowest BCUT2D eigenvalue weighted by Crippen LogP contribution is -2.70. The van der Waals surface area contributed by atoms with E-state index in [4.69, 9.17) is 11.6 Å². The van der Waals surface area contributed by atoms with Gasteiger partial charge in [-0.05, 0) is 32.3 Å². The monoisotopic (exact) mass is 313 g/mol. The van der Waals surface area contributed by atoms with Crippen molar-refractivity contribution in [3.63, 3.8) is 0 Å². The lowest BCUT2D eigenvalue weighted by molar-refractivity contribution is -0.337. The summed E-state index contributed by atoms with van der Waals surface area (Å²) in [5, 5.41) is 1.15. The number of hydrogen-bond acceptors (Lipinski definition) is 3. The zero-order valence-electron chi connectivity index (χ0n) is 11.1. The molecule has 0 amide bonds. The van der Waals surface area contributed by atoms with E-state index in [9.17, 15) is 13.2 Å². The van der Waals surface area contributed by atoms with Gasteiger partial charge in [-0.25, -0.2) is 15.0 Å². The van der Waals surface area contributed by atoms with E-state index in [0.29, 0.717) is 27.4 Å². The molecule has 0 spiro atoms. The van der Waals surface area contributed by atoms with Gasteiger partial charge in [0.25, 0.3) is 0 Å². The third-order valence-electron chi connectivity index (χ3n) is 4.89. The number of rotatable bonds is 1. The van der Waals surface area contributed by atoms with E-state index in [1.165, 1.54) is 6.33 Å². The van der Waals surface area contributed by atoms with Gasteiger partial charge in [-0.1, -0.05) is 11.6 Å². The summed E-state index contributed by atoms with van der Waals surface area (Å²) in [6, 6.07) is 1.72. The first-order valence-corrected chi connectivity index (χ1v) is 6.99. The summed E-state index contributed by atoms with van der Waals surface area (Å²) < 4.78 is 38.9. The first-order valence-electron chi connectivity index (χ1n) is 6.62. The Hall–Kier alpha value is -1.43. The molecule has 110 valence electrons. The van der Waals surface area contributed by atoms with Crippen LogP contribution in [0.15, 0.2) is 12.4 Å². The van der Waals surface area contributed by atoms with Crippen LogP contribution in [0, 0.1) is 12.3 Å². The van der Waals surface area contributed by atoms with Gasteiger partial charge in [-0.15, -0.1) is 0 Å². The molecule has 2 heterocycles. The molecule has 2 bridgehead atoms. The van der Waals surface area contributed by atoms with Gasteiger partial charge >= 0.3 is 6.18 Å². The number of alkyl halides is 3. The van der Waals surface area contributed by atoms with E-state index in [1.807, 2.05) is 0 Å². The van der Waals surface area contributed by atoms with Gasteiger partial charge in [0.15, 0.2) is 5.65 Å². The molecular weight excluding hydrogens is 303 g/mol. The summed E-state index contributed by atoms with van der Waals surface area (Å²) in [5.41, 5.74) is -0.165. The van der Waals surface area contributed by atoms with Gasteiger partial charge in [-0.3, -0.25) is 0 Å². The maximum atomic E-state index is 13.0. The zero-order chi connectivity index (χ0) is 15.0. The number of hydrogen-bond donors (Lipinski definition) is 0. The van der Waals surface area contributed by atoms with Gasteiger partial charge in [0, 0.05) is 10.8 Å². The Bertz CT molecular complexity index is 752. The number of nitrogens with zero attached hydrogens (tertiary/aromatic N) is 3. The maximum absolute atomic E-state index is 13.0. The number of fused-ring (bicyclic) bond motifs is 1. The van der Waals surface area contributed by atoms with Crippen LogP contribution < -0.4 is 0 Å². The van der Waals surface area contributed by atoms with Crippen molar-refractivity contribution in [2.75, 3.05) is 0 Å². The SMILES string of the molecule is Cc1nc2ncnc(C34CC(C(F)(F)F)(C3)C4)c2cc1Cl. The van der Waals surface area contributed by atoms with Crippen molar-refractivity contribution >= 4 is 22.6 Å². The van der Waals surface area contributed by atoms with Crippen molar-refractivity contribution in [2.45, 2.75) is 37.8 Å². The van der Waals surface area contributed by atoms with E-state index in [0.717, 1.165) is 0 Å². The molecule has 2 aromatic rings. The van der Waals surface area contributed by atoms with E-state index < -0.39 is 17.0 Å². The van der Waals surface area contributed by atoms with Gasteiger partial charge in [-0.2, -0.15) is 13.2 Å². The van der Waals surface area contributed by atoms with Crippen LogP contribution in [0.1, 0.15) is 30.7 Å². The number of aromatic nitrogens is 3. The van der Waals surface area contributed by atoms with Gasteiger partial charge in [0.2, 0.25) is 0 Å². The smallest absolute Gasteiger partial charge is 0.240 e. The van der Waals surface area contributed by atoms with Crippen LogP contribution in [0.5, 0.6) is 0 Å². The molecule has 3 aliphatic carbocycles. The molecule has 0 saturated heterocycles. The average molecular weight is 314 g/mol. The highest BCUT2D eigenvalue weighted by Crippen LogP contribution is 2.78. The third kappa shape index (κ3) is 1.54. The van der Waals surface area contributed by atoms with Crippen LogP contribution in [-0.2, 0) is 5.41 Å². The summed E-state index contributed by atoms with van der Waals surface area (Å²) in [4.78, 5) is 12.6. The predicted octanol–water partition coefficient (Wildman–Crippen LogP) is 3.97. The largest absolute Gasteiger partial charge is 0.394 e. The fourth-order valence-corrected chi connectivity index (χ4v) is 3.97. The molecule has 3 nitrogen and oxygen atoms in total. The standard InChI is InChI=1S/C14H11ClF3N3/c1-7-9(15)2-8-10(19-6-20-11(8)21-7)12-3-13(4-12,5-12)14(16,17)18/h2,6H,3-5H2,1H3. The summed E-state index contributed by atoms with van der Waals surface area (Å²) in [7, 11) is 0. The summed E-state index contributed by atoms with van der Waals surface area (Å²) in [6.45, 7) is 1.77. The minimum absolute atomic E-state index is 0.112. The molecule has 0 aliphatic heterocycles. The molecule has 5 rings (SSSR count). The fraction of sp³-hybridized carbons (Fsp3) is 0.500. The Morgan fingerprint density at radius 2 is 1.86 bits per heavy atom. The Morgan fingerprint density at radius 1 is 1.19 bits per heavy atom. The topological polar surface area (TPSA) is 38.7 Å². The zero-order valence-corrected chi connectivity index (χ0v) is 11.9. The number of halogens is 4. The van der Waals surface area contributed by atoms with Gasteiger partial charge in [0.1, 0.15) is 6.33 Å². The molecule has 3 aliphatic rings. The summed E-state index contributed by atoms with van der Waals surface area (Å²) in [6.07, 6.45) is -2.41. The summed E-state index contributed by atoms with van der Waals surface area (Å²) >= 11 is 6.09. The van der Waals surface area contributed by atoms with Crippen LogP contribution in [-0.4, -0.2) is 21.1 Å². The molecule has 3 fully saturated rings. The molecule has 0 aromatic carbocycles. The highest BCUT2D eigenvalue weighted by atomic mass is 35.5. The molecule has 0 atom stereocenters. The molecular formula is C14H11ClF3N3. The van der Waals surface area contributed by atoms with Crippen molar-refractivity contribution in [2.24, 2.45) is 5.41 Å². The second-order valence-electron chi connectivity index (χ2n) is 6.24. The van der Waals surface area contributed by atoms with E-state index in [-0.39, 0.29) is 19.3 Å². The van der Waals surface area contributed by atoms with Crippen molar-refractivity contribution in [3.8, 4) is 0 Å². The van der Waals surface area contributed by atoms with E-state index >= 15 is 0 Å². The Labute approximate surface area is 123 Å². The summed E-state index contributed by atoms with van der Waals surface area (Å²) in [5.74, 6) is 0. The second-order valence-corrected chi connectivity index (χ2v) is 6.64. The van der Waals surface area contributed by atoms with Gasteiger partial charge in [0.05, 0.1) is 21.8 Å². The second kappa shape index (κ2) is 3.66. The predicted molar refractivity (Wildman–Crippen MR) is 71.1 cm³/mol. The molecule has 7 heteroatoms. The third-order valence-corrected chi connectivity index (χ3v) is 5.27. The van der Waals surface area contributed by atoms with Crippen LogP contribution in [0.3, 0.4) is 0 Å². The average Bonchev–Trinajstić information content (AvgIpc) is 2.26. The van der Waals surface area contributed by atoms with Crippen molar-refractivity contribution in [3.05, 3.63) is 28.8 Å². The van der Waals surface area contributed by atoms with Crippen LogP contribution in [0.4, 0.5) is 13.2 Å². The molecule has 0 N–H and O–H groups in total. The van der Waals surface area contributed by atoms with Crippen LogP contribution in [0.25, 0.3) is 11.0 Å². The number of pyridine rings is 1. The van der Waals surface area contributed by atoms with Crippen molar-refractivity contribution < 1.29 is 13.2 Å². The lowest BCUT2D eigenvalue weighted by atomic mass is 9.33. The highest BCUT2D eigenvalue weighted by Gasteiger charge is 2.79. The van der Waals surface area contributed by atoms with Crippen LogP contribution >= 0.6 is 11.6 Å². The van der Waals surface area contributed by atoms with Gasteiger partial charge < -0.3 is 0 Å². The Morgan fingerprint density at radius 3 is 2.48 bits per heavy atom. The molecule has 3 saturated carbocycles. The minimum atomic E-state index is -4.12. The van der Waals surface area contributed by atoms with Crippen molar-refractivity contribution in [1.82, 2.24) is 15.0 Å². The maximum Gasteiger partial charge on any atom is 0.394 e. The quantitative estimate of drug-likeness (QED) is 0.799. The van der Waals surface area contributed by atoms with Crippen LogP contribution in [0.2, 0.25) is 5.02 Å². The molecule has 21 heavy (non-hydrogen) atoms. The Kier molecular flexibility index (Phi) is 2.31. The molecule has 2 aromatic heterocycles.